The van der Waals surface area contributed by atoms with E-state index in [0.717, 1.165) is 79.9 Å². The topological polar surface area (TPSA) is 77.9 Å². The summed E-state index contributed by atoms with van der Waals surface area (Å²) in [6, 6.07) is 0. The van der Waals surface area contributed by atoms with Crippen molar-refractivity contribution < 1.29 is 31.8 Å². The summed E-state index contributed by atoms with van der Waals surface area (Å²) >= 11 is 5.65. The summed E-state index contributed by atoms with van der Waals surface area (Å²) in [5, 5.41) is 8.66. The Labute approximate surface area is 720 Å². The zero-order valence-electron chi connectivity index (χ0n) is 86.6. The Hall–Kier alpha value is -1.63. The summed E-state index contributed by atoms with van der Waals surface area (Å²) in [5.41, 5.74) is 3.42. The fourth-order valence-corrected chi connectivity index (χ4v) is 6.24. The molecule has 5 atom stereocenters. The number of nitrogens with zero attached hydrogens (tertiary/aromatic N) is 2. The minimum atomic E-state index is -2.41. The summed E-state index contributed by atoms with van der Waals surface area (Å²) in [6.45, 7) is 108. The zero-order valence-corrected chi connectivity index (χ0v) is 87.4. The lowest BCUT2D eigenvalue weighted by atomic mass is 9.81. The fraction of sp³-hybridized carbons (Fsp3) is 0.920. The van der Waals surface area contributed by atoms with E-state index in [2.05, 4.69) is 298 Å². The Morgan fingerprint density at radius 1 is 0.545 bits per heavy atom. The molecule has 0 saturated heterocycles. The highest BCUT2D eigenvalue weighted by atomic mass is 35.5. The Morgan fingerprint density at radius 3 is 0.920 bits per heavy atom. The van der Waals surface area contributed by atoms with Gasteiger partial charge in [-0.25, -0.2) is 8.78 Å². The number of nitrogens with one attached hydrogen (secondary N) is 2. The molecule has 0 aromatic carbocycles. The molecule has 0 amide bonds. The molecule has 12 heteroatoms. The molecule has 0 aromatic heterocycles. The van der Waals surface area contributed by atoms with Crippen molar-refractivity contribution in [3.63, 3.8) is 0 Å². The molecule has 7 nitrogen and oxygen atoms in total. The van der Waals surface area contributed by atoms with E-state index in [1.165, 1.54) is 135 Å². The highest BCUT2D eigenvalue weighted by Crippen LogP contribution is 2.28. The van der Waals surface area contributed by atoms with Gasteiger partial charge in [-0.3, -0.25) is 8.78 Å². The zero-order chi connectivity index (χ0) is 93.8. The number of halogens is 5. The third-order valence-electron chi connectivity index (χ3n) is 17.6. The lowest BCUT2D eigenvalue weighted by Crippen LogP contribution is -2.15. The molecule has 1 fully saturated rings. The fourth-order valence-electron chi connectivity index (χ4n) is 6.24. The molecule has 0 spiro atoms. The number of unbranched alkanes of at least 4 members (excludes halogenated alkanes) is 4. The number of hydrogen-bond donors (Lipinski definition) is 2. The van der Waals surface area contributed by atoms with Crippen LogP contribution in [0.5, 0.6) is 0 Å². The molecule has 1 aliphatic rings. The minimum absolute atomic E-state index is 0. The monoisotopic (exact) mass is 1650 g/mol. The highest BCUT2D eigenvalue weighted by Gasteiger charge is 2.23. The van der Waals surface area contributed by atoms with Gasteiger partial charge in [-0.2, -0.15) is 0 Å². The van der Waals surface area contributed by atoms with Crippen molar-refractivity contribution in [3.05, 3.63) is 37.5 Å². The van der Waals surface area contributed by atoms with Crippen LogP contribution in [0.1, 0.15) is 445 Å². The lowest BCUT2D eigenvalue weighted by Gasteiger charge is -2.25. The molecule has 704 valence electrons. The van der Waals surface area contributed by atoms with E-state index in [1.807, 2.05) is 55.5 Å². The second-order valence-electron chi connectivity index (χ2n) is 32.2. The first kappa shape index (κ1) is 165. The van der Waals surface area contributed by atoms with E-state index in [0.29, 0.717) is 47.7 Å². The van der Waals surface area contributed by atoms with Gasteiger partial charge in [0, 0.05) is 32.4 Å². The van der Waals surface area contributed by atoms with Crippen molar-refractivity contribution in [1.82, 2.24) is 15.1 Å². The van der Waals surface area contributed by atoms with Gasteiger partial charge in [-0.1, -0.05) is 383 Å². The number of hydrogen-bond acceptors (Lipinski definition) is 7. The number of carbonyl (C=O) groups is 1. The van der Waals surface area contributed by atoms with Gasteiger partial charge in [-0.05, 0) is 193 Å². The SMILES string of the molecule is C.C=C.C=C(C)C(C)C.C=C(C)C(C)OC.C=N.C=O.CCC.CCC.CCC(C)(C)CC.CCC(C)C(C)(C)C.CCC(C)C(C)CC.CCC(C)CC(C)C.CCC(Cl)CC.CCCC(C)C.CCCC(F)(F)CC.CCCCCCC.CCCN(C)C.CCN(C)CC.CF.CNC.COC(C)C.FCC1CCC1. The van der Waals surface area contributed by atoms with Gasteiger partial charge in [0.05, 0.1) is 26.1 Å². The van der Waals surface area contributed by atoms with E-state index in [4.69, 9.17) is 31.3 Å². The normalized spacial score (nSPS) is 11.5. The third-order valence-corrected chi connectivity index (χ3v) is 18.2. The summed E-state index contributed by atoms with van der Waals surface area (Å²) < 4.78 is 54.9. The Kier molecular flexibility index (Phi) is 217. The van der Waals surface area contributed by atoms with Crippen molar-refractivity contribution >= 4 is 25.1 Å². The largest absolute Gasteiger partial charge is 0.382 e. The first-order valence-electron chi connectivity index (χ1n) is 44.8. The van der Waals surface area contributed by atoms with Gasteiger partial charge < -0.3 is 34.8 Å². The molecule has 112 heavy (non-hydrogen) atoms. The second-order valence-corrected chi connectivity index (χ2v) is 32.9. The number of rotatable bonds is 29. The quantitative estimate of drug-likeness (QED) is 0.0255. The van der Waals surface area contributed by atoms with Crippen LogP contribution in [0, 0.1) is 63.6 Å². The molecule has 0 heterocycles. The van der Waals surface area contributed by atoms with Crippen LogP contribution in [0.25, 0.3) is 0 Å². The maximum atomic E-state index is 12.2. The highest BCUT2D eigenvalue weighted by molar-refractivity contribution is 6.20. The molecular weight excluding hydrogens is 1420 g/mol. The maximum Gasteiger partial charge on any atom is 0.247 e. The van der Waals surface area contributed by atoms with E-state index in [1.54, 1.807) is 21.1 Å². The number of alkyl halides is 5. The van der Waals surface area contributed by atoms with Crippen LogP contribution in [0.3, 0.4) is 0 Å². The number of ether oxygens (including phenoxy) is 2. The van der Waals surface area contributed by atoms with E-state index < -0.39 is 5.92 Å². The molecule has 1 rings (SSSR count). The third kappa shape index (κ3) is 245. The molecule has 0 aliphatic heterocycles. The van der Waals surface area contributed by atoms with Crippen LogP contribution in [0.15, 0.2) is 37.5 Å². The van der Waals surface area contributed by atoms with E-state index in [-0.39, 0.29) is 33.0 Å². The molecule has 0 aromatic rings. The Bertz CT molecular complexity index is 1360. The van der Waals surface area contributed by atoms with Crippen LogP contribution in [-0.4, -0.2) is 130 Å². The van der Waals surface area contributed by atoms with Crippen molar-refractivity contribution in [2.24, 2.45) is 58.2 Å². The van der Waals surface area contributed by atoms with Crippen LogP contribution >= 0.6 is 11.6 Å². The van der Waals surface area contributed by atoms with Crippen LogP contribution < -0.4 is 5.32 Å². The Balaban J connectivity index is -0.0000000413. The predicted octanol–water partition coefficient (Wildman–Crippen LogP) is 36.0. The van der Waals surface area contributed by atoms with Crippen LogP contribution in [0.4, 0.5) is 17.6 Å². The smallest absolute Gasteiger partial charge is 0.247 e. The minimum Gasteiger partial charge on any atom is -0.382 e. The van der Waals surface area contributed by atoms with Gasteiger partial charge in [0.15, 0.2) is 0 Å². The molecular formula is C100H231ClF4N4O3. The Morgan fingerprint density at radius 2 is 0.875 bits per heavy atom. The van der Waals surface area contributed by atoms with Gasteiger partial charge in [-0.15, -0.1) is 24.8 Å². The molecule has 0 bridgehead atoms. The van der Waals surface area contributed by atoms with Crippen LogP contribution in [-0.2, 0) is 14.3 Å². The van der Waals surface area contributed by atoms with Gasteiger partial charge >= 0.3 is 0 Å². The van der Waals surface area contributed by atoms with Gasteiger partial charge in [0.25, 0.3) is 0 Å². The number of allylic oxidation sites excluding steroid dienone is 1. The second kappa shape index (κ2) is 147. The molecule has 0 radical (unpaired) electrons. The van der Waals surface area contributed by atoms with Crippen molar-refractivity contribution in [3.8, 4) is 0 Å². The molecule has 2 N–H and O–H groups in total. The summed E-state index contributed by atoms with van der Waals surface area (Å²) in [7, 11) is 13.9. The lowest BCUT2D eigenvalue weighted by molar-refractivity contribution is -0.0980. The summed E-state index contributed by atoms with van der Waals surface area (Å²) in [6.07, 6.45) is 29.6. The van der Waals surface area contributed by atoms with Crippen molar-refractivity contribution in [2.75, 3.05) is 82.9 Å². The molecule has 1 aliphatic carbocycles. The van der Waals surface area contributed by atoms with Crippen molar-refractivity contribution in [1.29, 1.82) is 5.41 Å². The number of carbonyl (C=O) groups excluding carboxylic acids is 1. The van der Waals surface area contributed by atoms with E-state index in [9.17, 15) is 17.6 Å². The standard InChI is InChI=1S/3C8H18.2C7H16.C6H12F2.C6H12O.C6H12.C6H14.C5H11Cl.C5H9F.2C5H13N.C4H10O.2C3H8.C2H7N.C2H4.CH3F.CH3N.CH2O.CH4/c1-6-7(2)8(3,4)5;1-5-8(4)6-7(2)3;1-5-7(3)8(4)6-2;1-5-7(3,4)6-2;1-3-5-7-6-4-2;1-3-5-6(7,8)4-2;1-5(2)6(3)7-4;1-5(2)6(3)4;1-4-5-6(2)3;1-3-5(6)4-2;6-4-5-2-1-3-5;1-4-5-6(2)3;1-4-6(3)5-2;1-4(2)5-3;3*1-3-2;4*1-2;/h7H,6H2,1-5H3;2*7-8H,5-6H2,1-4H3;5-6H2,1-4H3;3-7H2,1-2H3;3-5H2,1-2H3;6H,1H2,2-4H3;6H,1H2,2-4H3;6H,4-5H2,1-3H3;5H,3-4H2,1-2H3;5H,1-4H2;2*4-5H2,1-3H3;4H,1-3H3;2*3H2,1-2H3;3H,1-2H3;1-2H2;1H3;2H,1H2;1H2;1H4. The van der Waals surface area contributed by atoms with Crippen molar-refractivity contribution in [2.45, 2.75) is 468 Å². The van der Waals surface area contributed by atoms with Crippen LogP contribution in [0.2, 0.25) is 0 Å². The van der Waals surface area contributed by atoms with Gasteiger partial charge in [0.1, 0.15) is 6.79 Å². The maximum absolute atomic E-state index is 12.2. The number of methoxy groups -OCH3 is 2. The van der Waals surface area contributed by atoms with Gasteiger partial charge in [0.2, 0.25) is 5.92 Å². The molecule has 1 saturated carbocycles. The molecule has 5 unspecified atom stereocenters. The first-order chi connectivity index (χ1) is 51.4. The first-order valence-corrected chi connectivity index (χ1v) is 45.3. The average molecular weight is 1650 g/mol. The average Bonchev–Trinajstić information content (AvgIpc) is 0.938. The summed E-state index contributed by atoms with van der Waals surface area (Å²) in [5.74, 6) is 4.09. The van der Waals surface area contributed by atoms with E-state index >= 15 is 0 Å². The summed E-state index contributed by atoms with van der Waals surface area (Å²) in [4.78, 5) is 12.4. The predicted molar refractivity (Wildman–Crippen MR) is 529 cm³/mol.